The highest BCUT2D eigenvalue weighted by Crippen LogP contribution is 2.34. The van der Waals surface area contributed by atoms with Gasteiger partial charge in [0.15, 0.2) is 0 Å². The Labute approximate surface area is 152 Å². The van der Waals surface area contributed by atoms with Crippen LogP contribution in [0.4, 0.5) is 0 Å². The number of halogens is 1. The van der Waals surface area contributed by atoms with Crippen molar-refractivity contribution in [1.29, 1.82) is 5.41 Å². The number of nitrogens with zero attached hydrogens (tertiary/aromatic N) is 1. The van der Waals surface area contributed by atoms with Crippen molar-refractivity contribution in [2.24, 2.45) is 22.6 Å². The van der Waals surface area contributed by atoms with Gasteiger partial charge in [-0.3, -0.25) is 9.79 Å². The lowest BCUT2D eigenvalue weighted by Crippen LogP contribution is -2.44. The second-order valence-corrected chi connectivity index (χ2v) is 7.12. The van der Waals surface area contributed by atoms with Gasteiger partial charge in [-0.15, -0.1) is 0 Å². The van der Waals surface area contributed by atoms with Gasteiger partial charge in [0.05, 0.1) is 17.4 Å². The molecule has 1 aliphatic carbocycles. The molecule has 25 heavy (non-hydrogen) atoms. The lowest BCUT2D eigenvalue weighted by Gasteiger charge is -2.29. The van der Waals surface area contributed by atoms with E-state index in [9.17, 15) is 4.79 Å². The number of aliphatic imine (C=N–C) groups is 1. The van der Waals surface area contributed by atoms with Crippen LogP contribution in [0, 0.1) is 17.2 Å². The molecule has 1 unspecified atom stereocenters. The topological polar surface area (TPSA) is 113 Å². The molecule has 0 bridgehead atoms. The molecule has 1 saturated carbocycles. The monoisotopic (exact) mass is 365 g/mol. The first kappa shape index (κ1) is 18.1. The molecule has 2 atom stereocenters. The zero-order chi connectivity index (χ0) is 18.0. The number of amides is 1. The predicted octanol–water partition coefficient (Wildman–Crippen LogP) is 1.25. The lowest BCUT2D eigenvalue weighted by atomic mass is 9.95. The smallest absolute Gasteiger partial charge is 0.272 e. The molecular weight excluding hydrogens is 342 g/mol. The van der Waals surface area contributed by atoms with Gasteiger partial charge in [0.1, 0.15) is 11.8 Å². The summed E-state index contributed by atoms with van der Waals surface area (Å²) >= 11 is 6.09. The van der Waals surface area contributed by atoms with Crippen molar-refractivity contribution >= 4 is 28.9 Å². The van der Waals surface area contributed by atoms with Crippen LogP contribution in [0.25, 0.3) is 0 Å². The predicted molar refractivity (Wildman–Crippen MR) is 97.6 cm³/mol. The SMILES string of the molecule is CC1CC([C@H]2CNCCO2)=NC=C1NC(=O)/C(N)=C(\Cl)C(=N)C1CC1. The normalized spacial score (nSPS) is 27.8. The van der Waals surface area contributed by atoms with Crippen LogP contribution in [0.1, 0.15) is 26.2 Å². The fraction of sp³-hybridized carbons (Fsp3) is 0.588. The van der Waals surface area contributed by atoms with Crippen LogP contribution < -0.4 is 16.4 Å². The van der Waals surface area contributed by atoms with E-state index in [4.69, 9.17) is 27.5 Å². The molecule has 1 amide bonds. The lowest BCUT2D eigenvalue weighted by molar-refractivity contribution is -0.117. The van der Waals surface area contributed by atoms with Crippen molar-refractivity contribution in [3.8, 4) is 0 Å². The van der Waals surface area contributed by atoms with E-state index in [1.165, 1.54) is 0 Å². The van der Waals surface area contributed by atoms with Crippen LogP contribution in [0.3, 0.4) is 0 Å². The van der Waals surface area contributed by atoms with Crippen LogP contribution in [-0.2, 0) is 9.53 Å². The van der Waals surface area contributed by atoms with Crippen LogP contribution in [0.5, 0.6) is 0 Å². The van der Waals surface area contributed by atoms with Crippen molar-refractivity contribution in [3.05, 3.63) is 22.6 Å². The first-order valence-corrected chi connectivity index (χ1v) is 8.99. The van der Waals surface area contributed by atoms with Crippen molar-refractivity contribution in [2.45, 2.75) is 32.3 Å². The van der Waals surface area contributed by atoms with Gasteiger partial charge in [-0.1, -0.05) is 18.5 Å². The van der Waals surface area contributed by atoms with Gasteiger partial charge in [0.25, 0.3) is 5.91 Å². The molecule has 136 valence electrons. The van der Waals surface area contributed by atoms with Crippen molar-refractivity contribution in [2.75, 3.05) is 19.7 Å². The number of hydrogen-bond donors (Lipinski definition) is 4. The van der Waals surface area contributed by atoms with E-state index >= 15 is 0 Å². The zero-order valence-corrected chi connectivity index (χ0v) is 15.0. The molecule has 8 heteroatoms. The summed E-state index contributed by atoms with van der Waals surface area (Å²) in [6.45, 7) is 4.32. The Balaban J connectivity index is 1.66. The summed E-state index contributed by atoms with van der Waals surface area (Å²) < 4.78 is 5.73. The number of carbonyl (C=O) groups excluding carboxylic acids is 1. The average Bonchev–Trinajstić information content (AvgIpc) is 3.47. The molecule has 5 N–H and O–H groups in total. The van der Waals surface area contributed by atoms with Crippen molar-refractivity contribution < 1.29 is 9.53 Å². The third-order valence-electron chi connectivity index (χ3n) is 4.68. The van der Waals surface area contributed by atoms with Crippen LogP contribution in [0.15, 0.2) is 27.6 Å². The number of carbonyl (C=O) groups is 1. The zero-order valence-electron chi connectivity index (χ0n) is 14.3. The molecule has 0 aromatic heterocycles. The number of rotatable bonds is 5. The number of morpholine rings is 1. The van der Waals surface area contributed by atoms with Gasteiger partial charge in [0, 0.05) is 42.5 Å². The van der Waals surface area contributed by atoms with Gasteiger partial charge in [-0.2, -0.15) is 0 Å². The maximum atomic E-state index is 12.3. The van der Waals surface area contributed by atoms with Crippen LogP contribution in [-0.4, -0.2) is 43.1 Å². The molecular formula is C17H24ClN5O2. The first-order chi connectivity index (χ1) is 12.0. The minimum atomic E-state index is -0.484. The highest BCUT2D eigenvalue weighted by molar-refractivity contribution is 6.45. The maximum Gasteiger partial charge on any atom is 0.272 e. The maximum absolute atomic E-state index is 12.3. The Morgan fingerprint density at radius 1 is 1.52 bits per heavy atom. The minimum Gasteiger partial charge on any atom is -0.393 e. The minimum absolute atomic E-state index is 0.0110. The van der Waals surface area contributed by atoms with E-state index in [-0.39, 0.29) is 34.4 Å². The van der Waals surface area contributed by atoms with E-state index in [0.29, 0.717) is 18.7 Å². The third kappa shape index (κ3) is 4.29. The molecule has 2 heterocycles. The van der Waals surface area contributed by atoms with Crippen molar-refractivity contribution in [1.82, 2.24) is 10.6 Å². The van der Waals surface area contributed by atoms with Gasteiger partial charge in [-0.25, -0.2) is 0 Å². The Bertz CT molecular complexity index is 660. The summed E-state index contributed by atoms with van der Waals surface area (Å²) in [7, 11) is 0. The fourth-order valence-corrected chi connectivity index (χ4v) is 3.14. The summed E-state index contributed by atoms with van der Waals surface area (Å²) in [5.74, 6) is -0.248. The Morgan fingerprint density at radius 2 is 2.28 bits per heavy atom. The number of nitrogens with one attached hydrogen (secondary N) is 3. The number of ether oxygens (including phenoxy) is 1. The highest BCUT2D eigenvalue weighted by atomic mass is 35.5. The summed E-state index contributed by atoms with van der Waals surface area (Å²) in [4.78, 5) is 16.8. The molecule has 0 radical (unpaired) electrons. The summed E-state index contributed by atoms with van der Waals surface area (Å²) in [5.41, 5.74) is 7.66. The summed E-state index contributed by atoms with van der Waals surface area (Å²) in [6.07, 6.45) is 4.23. The molecule has 2 fully saturated rings. The van der Waals surface area contributed by atoms with Gasteiger partial charge in [0.2, 0.25) is 0 Å². The third-order valence-corrected chi connectivity index (χ3v) is 5.08. The van der Waals surface area contributed by atoms with E-state index < -0.39 is 5.91 Å². The molecule has 3 rings (SSSR count). The Hall–Kier alpha value is -1.70. The number of hydrogen-bond acceptors (Lipinski definition) is 6. The molecule has 2 aliphatic heterocycles. The molecule has 3 aliphatic rings. The van der Waals surface area contributed by atoms with Gasteiger partial charge >= 0.3 is 0 Å². The highest BCUT2D eigenvalue weighted by Gasteiger charge is 2.31. The number of nitrogens with two attached hydrogens (primary N) is 1. The standard InChI is InChI=1S/C17H24ClN5O2/c1-9-6-11(13-8-21-4-5-25-13)22-7-12(9)23-17(24)16(20)14(18)15(19)10-2-3-10/h7,9-10,13,19,21H,2-6,8,20H2,1H3,(H,23,24)/b16-14+,19-15?/t9?,13-/m1/s1. The molecule has 0 spiro atoms. The summed E-state index contributed by atoms with van der Waals surface area (Å²) in [5, 5.41) is 14.0. The average molecular weight is 366 g/mol. The second-order valence-electron chi connectivity index (χ2n) is 6.74. The largest absolute Gasteiger partial charge is 0.393 e. The van der Waals surface area contributed by atoms with E-state index in [0.717, 1.165) is 31.6 Å². The summed E-state index contributed by atoms with van der Waals surface area (Å²) in [6, 6.07) is 0. The van der Waals surface area contributed by atoms with Crippen LogP contribution >= 0.6 is 11.6 Å². The van der Waals surface area contributed by atoms with Crippen molar-refractivity contribution in [3.63, 3.8) is 0 Å². The molecule has 7 nitrogen and oxygen atoms in total. The molecule has 0 aromatic carbocycles. The van der Waals surface area contributed by atoms with Gasteiger partial charge < -0.3 is 26.5 Å². The van der Waals surface area contributed by atoms with E-state index in [2.05, 4.69) is 15.6 Å². The quantitative estimate of drug-likeness (QED) is 0.434. The van der Waals surface area contributed by atoms with Crippen LogP contribution in [0.2, 0.25) is 0 Å². The van der Waals surface area contributed by atoms with Gasteiger partial charge in [-0.05, 0) is 19.3 Å². The molecule has 1 saturated heterocycles. The fourth-order valence-electron chi connectivity index (χ4n) is 2.90. The Kier molecular flexibility index (Phi) is 5.56. The number of allylic oxidation sites excluding steroid dienone is 2. The Morgan fingerprint density at radius 3 is 2.88 bits per heavy atom. The van der Waals surface area contributed by atoms with E-state index in [1.807, 2.05) is 6.92 Å². The second kappa shape index (κ2) is 7.68. The first-order valence-electron chi connectivity index (χ1n) is 8.61. The molecule has 0 aromatic rings. The van der Waals surface area contributed by atoms with E-state index in [1.54, 1.807) is 6.20 Å².